The minimum absolute atomic E-state index is 0.0294. The van der Waals surface area contributed by atoms with Crippen LogP contribution in [0.2, 0.25) is 0 Å². The van der Waals surface area contributed by atoms with Gasteiger partial charge in [-0.05, 0) is 18.1 Å². The fourth-order valence-electron chi connectivity index (χ4n) is 1.93. The monoisotopic (exact) mass is 287 g/mol. The van der Waals surface area contributed by atoms with Crippen LogP contribution in [0.5, 0.6) is 0 Å². The lowest BCUT2D eigenvalue weighted by molar-refractivity contribution is 0.0934. The van der Waals surface area contributed by atoms with Crippen LogP contribution in [0.25, 0.3) is 11.0 Å². The third kappa shape index (κ3) is 3.25. The number of nitrogens with zero attached hydrogens (tertiary/aromatic N) is 3. The van der Waals surface area contributed by atoms with Gasteiger partial charge in [-0.25, -0.2) is 4.98 Å². The van der Waals surface area contributed by atoms with Crippen molar-refractivity contribution in [1.29, 1.82) is 0 Å². The fraction of sp³-hybridized carbons (Fsp3) is 0.286. The van der Waals surface area contributed by atoms with Gasteiger partial charge in [0.15, 0.2) is 5.84 Å². The van der Waals surface area contributed by atoms with Crippen molar-refractivity contribution in [3.05, 3.63) is 36.2 Å². The van der Waals surface area contributed by atoms with Gasteiger partial charge >= 0.3 is 0 Å². The summed E-state index contributed by atoms with van der Waals surface area (Å²) < 4.78 is 0. The van der Waals surface area contributed by atoms with E-state index in [9.17, 15) is 4.79 Å². The number of aromatic nitrogens is 2. The Labute approximate surface area is 121 Å². The van der Waals surface area contributed by atoms with Crippen LogP contribution in [0.3, 0.4) is 0 Å². The second-order valence-electron chi connectivity index (χ2n) is 4.96. The highest BCUT2D eigenvalue weighted by atomic mass is 16.4. The molecule has 7 nitrogen and oxygen atoms in total. The number of amidine groups is 1. The van der Waals surface area contributed by atoms with Gasteiger partial charge in [0.1, 0.15) is 5.69 Å². The SMILES string of the molecule is CC(C)C(NC(=O)c1cnc2ccccc2n1)/C(N)=N/O. The molecular weight excluding hydrogens is 270 g/mol. The van der Waals surface area contributed by atoms with Gasteiger partial charge in [-0.2, -0.15) is 0 Å². The van der Waals surface area contributed by atoms with E-state index in [1.54, 1.807) is 6.07 Å². The molecule has 0 aliphatic carbocycles. The van der Waals surface area contributed by atoms with Gasteiger partial charge < -0.3 is 16.3 Å². The third-order valence-electron chi connectivity index (χ3n) is 3.07. The van der Waals surface area contributed by atoms with Crippen LogP contribution in [0.1, 0.15) is 24.3 Å². The molecule has 0 saturated heterocycles. The van der Waals surface area contributed by atoms with Crippen LogP contribution >= 0.6 is 0 Å². The summed E-state index contributed by atoms with van der Waals surface area (Å²) in [4.78, 5) is 20.7. The number of para-hydroxylation sites is 2. The van der Waals surface area contributed by atoms with E-state index in [2.05, 4.69) is 20.4 Å². The van der Waals surface area contributed by atoms with E-state index in [1.807, 2.05) is 32.0 Å². The number of hydrogen-bond donors (Lipinski definition) is 3. The Morgan fingerprint density at radius 1 is 1.33 bits per heavy atom. The first kappa shape index (κ1) is 14.7. The van der Waals surface area contributed by atoms with Crippen molar-refractivity contribution in [1.82, 2.24) is 15.3 Å². The molecule has 2 rings (SSSR count). The van der Waals surface area contributed by atoms with Gasteiger partial charge in [-0.3, -0.25) is 9.78 Å². The van der Waals surface area contributed by atoms with Crippen molar-refractivity contribution >= 4 is 22.8 Å². The van der Waals surface area contributed by atoms with Crippen molar-refractivity contribution in [3.63, 3.8) is 0 Å². The average molecular weight is 287 g/mol. The number of nitrogens with two attached hydrogens (primary N) is 1. The normalized spacial score (nSPS) is 13.4. The first-order valence-corrected chi connectivity index (χ1v) is 6.53. The Kier molecular flexibility index (Phi) is 4.32. The van der Waals surface area contributed by atoms with Crippen molar-refractivity contribution in [2.45, 2.75) is 19.9 Å². The molecule has 2 aromatic rings. The number of carbonyl (C=O) groups excluding carboxylic acids is 1. The highest BCUT2D eigenvalue weighted by molar-refractivity contribution is 5.97. The molecule has 1 amide bonds. The summed E-state index contributed by atoms with van der Waals surface area (Å²) in [5, 5.41) is 14.4. The number of benzene rings is 1. The van der Waals surface area contributed by atoms with E-state index in [0.29, 0.717) is 11.0 Å². The quantitative estimate of drug-likeness (QED) is 0.337. The maximum atomic E-state index is 12.2. The molecule has 7 heteroatoms. The van der Waals surface area contributed by atoms with Crippen LogP contribution < -0.4 is 11.1 Å². The molecule has 21 heavy (non-hydrogen) atoms. The van der Waals surface area contributed by atoms with E-state index in [1.165, 1.54) is 6.20 Å². The summed E-state index contributed by atoms with van der Waals surface area (Å²) in [6.45, 7) is 3.71. The zero-order valence-electron chi connectivity index (χ0n) is 11.8. The minimum Gasteiger partial charge on any atom is -0.409 e. The first-order valence-electron chi connectivity index (χ1n) is 6.53. The minimum atomic E-state index is -0.573. The lowest BCUT2D eigenvalue weighted by atomic mass is 10.0. The number of rotatable bonds is 4. The topological polar surface area (TPSA) is 113 Å². The van der Waals surface area contributed by atoms with Gasteiger partial charge in [-0.15, -0.1) is 0 Å². The molecule has 110 valence electrons. The predicted molar refractivity (Wildman–Crippen MR) is 79.0 cm³/mol. The van der Waals surface area contributed by atoms with Gasteiger partial charge in [0.25, 0.3) is 5.91 Å². The average Bonchev–Trinajstić information content (AvgIpc) is 2.50. The number of nitrogens with one attached hydrogen (secondary N) is 1. The molecular formula is C14H17N5O2. The van der Waals surface area contributed by atoms with Crippen LogP contribution in [0.15, 0.2) is 35.6 Å². The maximum Gasteiger partial charge on any atom is 0.272 e. The van der Waals surface area contributed by atoms with Crippen LogP contribution in [-0.2, 0) is 0 Å². The Morgan fingerprint density at radius 3 is 2.62 bits per heavy atom. The summed E-state index contributed by atoms with van der Waals surface area (Å²) in [5.74, 6) is -0.496. The van der Waals surface area contributed by atoms with Gasteiger partial charge in [0, 0.05) is 0 Å². The summed E-state index contributed by atoms with van der Waals surface area (Å²) in [7, 11) is 0. The second kappa shape index (κ2) is 6.17. The molecule has 0 radical (unpaired) electrons. The Balaban J connectivity index is 2.25. The molecule has 1 aromatic carbocycles. The Hall–Kier alpha value is -2.70. The first-order chi connectivity index (χ1) is 10.0. The number of hydrogen-bond acceptors (Lipinski definition) is 5. The van der Waals surface area contributed by atoms with Crippen LogP contribution in [0.4, 0.5) is 0 Å². The molecule has 0 spiro atoms. The van der Waals surface area contributed by atoms with Crippen LogP contribution in [-0.4, -0.2) is 33.0 Å². The Morgan fingerprint density at radius 2 is 2.00 bits per heavy atom. The summed E-state index contributed by atoms with van der Waals surface area (Å²) >= 11 is 0. The van der Waals surface area contributed by atoms with Crippen molar-refractivity contribution < 1.29 is 10.0 Å². The summed E-state index contributed by atoms with van der Waals surface area (Å²) in [5.41, 5.74) is 7.12. The molecule has 1 atom stereocenters. The third-order valence-corrected chi connectivity index (χ3v) is 3.07. The van der Waals surface area contributed by atoms with Crippen LogP contribution in [0, 0.1) is 5.92 Å². The summed E-state index contributed by atoms with van der Waals surface area (Å²) in [6.07, 6.45) is 1.40. The maximum absolute atomic E-state index is 12.2. The van der Waals surface area contributed by atoms with E-state index in [0.717, 1.165) is 0 Å². The van der Waals surface area contributed by atoms with E-state index in [4.69, 9.17) is 10.9 Å². The lowest BCUT2D eigenvalue weighted by Gasteiger charge is -2.20. The zero-order chi connectivity index (χ0) is 15.4. The highest BCUT2D eigenvalue weighted by Gasteiger charge is 2.22. The molecule has 0 saturated carbocycles. The Bertz CT molecular complexity index is 684. The smallest absolute Gasteiger partial charge is 0.272 e. The molecule has 0 bridgehead atoms. The van der Waals surface area contributed by atoms with Crippen molar-refractivity contribution in [2.75, 3.05) is 0 Å². The van der Waals surface area contributed by atoms with Crippen molar-refractivity contribution in [3.8, 4) is 0 Å². The number of fused-ring (bicyclic) bond motifs is 1. The molecule has 0 aliphatic heterocycles. The lowest BCUT2D eigenvalue weighted by Crippen LogP contribution is -2.48. The fourth-order valence-corrected chi connectivity index (χ4v) is 1.93. The second-order valence-corrected chi connectivity index (χ2v) is 4.96. The van der Waals surface area contributed by atoms with Gasteiger partial charge in [-0.1, -0.05) is 31.1 Å². The van der Waals surface area contributed by atoms with Gasteiger partial charge in [0.05, 0.1) is 23.3 Å². The molecule has 0 fully saturated rings. The zero-order valence-corrected chi connectivity index (χ0v) is 11.8. The standard InChI is InChI=1S/C14H17N5O2/c1-8(2)12(13(15)19-21)18-14(20)11-7-16-9-5-3-4-6-10(9)17-11/h3-8,12,21H,1-2H3,(H2,15,19)(H,18,20). The highest BCUT2D eigenvalue weighted by Crippen LogP contribution is 2.09. The van der Waals surface area contributed by atoms with E-state index >= 15 is 0 Å². The molecule has 1 aromatic heterocycles. The van der Waals surface area contributed by atoms with Crippen molar-refractivity contribution in [2.24, 2.45) is 16.8 Å². The van der Waals surface area contributed by atoms with Gasteiger partial charge in [0.2, 0.25) is 0 Å². The summed E-state index contributed by atoms with van der Waals surface area (Å²) in [6, 6.07) is 6.70. The number of carbonyl (C=O) groups is 1. The molecule has 1 heterocycles. The van der Waals surface area contributed by atoms with E-state index < -0.39 is 11.9 Å². The number of amides is 1. The molecule has 0 aliphatic rings. The predicted octanol–water partition coefficient (Wildman–Crippen LogP) is 1.13. The largest absolute Gasteiger partial charge is 0.409 e. The molecule has 1 unspecified atom stereocenters. The molecule has 4 N–H and O–H groups in total. The van der Waals surface area contributed by atoms with E-state index in [-0.39, 0.29) is 17.4 Å². The number of oxime groups is 1.